The molecule has 1 saturated heterocycles. The lowest BCUT2D eigenvalue weighted by Gasteiger charge is -2.52. The van der Waals surface area contributed by atoms with Gasteiger partial charge < -0.3 is 23.7 Å². The Morgan fingerprint density at radius 3 is 1.86 bits per heavy atom. The molecule has 5 atom stereocenters. The van der Waals surface area contributed by atoms with E-state index < -0.39 is 72.6 Å². The number of esters is 4. The van der Waals surface area contributed by atoms with Crippen LogP contribution >= 0.6 is 0 Å². The number of carbonyl (C=O) groups excluding carboxylic acids is 6. The summed E-state index contributed by atoms with van der Waals surface area (Å²) in [5.41, 5.74) is 4.10. The molecule has 1 aromatic rings. The Labute approximate surface area is 199 Å². The number of benzene rings is 1. The summed E-state index contributed by atoms with van der Waals surface area (Å²) < 4.78 is 26.6. The molecule has 0 aromatic heterocycles. The molecule has 2 aliphatic rings. The van der Waals surface area contributed by atoms with Gasteiger partial charge in [-0.2, -0.15) is 0 Å². The normalized spacial score (nSPS) is 27.6. The van der Waals surface area contributed by atoms with Gasteiger partial charge in [-0.3, -0.25) is 34.5 Å². The number of hydrogen-bond donors (Lipinski definition) is 1. The maximum Gasteiger partial charge on any atom is 0.305 e. The van der Waals surface area contributed by atoms with E-state index >= 15 is 0 Å². The van der Waals surface area contributed by atoms with Gasteiger partial charge >= 0.3 is 23.9 Å². The van der Waals surface area contributed by atoms with Crippen LogP contribution in [0.1, 0.15) is 48.4 Å². The Balaban J connectivity index is 2.19. The van der Waals surface area contributed by atoms with Gasteiger partial charge in [0.25, 0.3) is 11.8 Å². The Kier molecular flexibility index (Phi) is 7.22. The van der Waals surface area contributed by atoms with Gasteiger partial charge in [-0.15, -0.1) is 0 Å². The van der Waals surface area contributed by atoms with Crippen molar-refractivity contribution in [2.75, 3.05) is 6.61 Å². The molecule has 35 heavy (non-hydrogen) atoms. The van der Waals surface area contributed by atoms with Crippen LogP contribution in [-0.4, -0.2) is 77.5 Å². The lowest BCUT2D eigenvalue weighted by molar-refractivity contribution is -0.305. The Bertz CT molecular complexity index is 1050. The number of nitrogens with two attached hydrogens (primary N) is 1. The van der Waals surface area contributed by atoms with E-state index in [2.05, 4.69) is 0 Å². The van der Waals surface area contributed by atoms with Gasteiger partial charge in [0.05, 0.1) is 11.1 Å². The standard InChI is InChI=1S/C22H24N2O11/c1-10(25)31-9-16-17(32-11(2)26)18(33-12(3)27)22(23,21(35-16)34-13(4)28)24-19(29)14-7-5-6-8-15(14)20(24)30/h5-8,16-18,21H,9,23H2,1-4H3/t16-,17+,18+,21?,22+/m1/s1. The molecule has 2 N–H and O–H groups in total. The minimum absolute atomic E-state index is 0.00320. The number of carbonyl (C=O) groups is 6. The van der Waals surface area contributed by atoms with Crippen molar-refractivity contribution in [1.82, 2.24) is 4.90 Å². The van der Waals surface area contributed by atoms with Crippen LogP contribution in [0.2, 0.25) is 0 Å². The molecule has 1 fully saturated rings. The summed E-state index contributed by atoms with van der Waals surface area (Å²) in [4.78, 5) is 74.5. The number of ether oxygens (including phenoxy) is 5. The summed E-state index contributed by atoms with van der Waals surface area (Å²) in [6.45, 7) is 3.67. The SMILES string of the molecule is CC(=O)OC[C@H]1OC(OC(C)=O)[C@@](N)(N2C(=O)c3ccccc3C2=O)[C@@H](OC(C)=O)[C@H]1OC(C)=O. The van der Waals surface area contributed by atoms with Gasteiger partial charge in [-0.25, -0.2) is 4.90 Å². The van der Waals surface area contributed by atoms with Crippen LogP contribution < -0.4 is 5.73 Å². The predicted octanol–water partition coefficient (Wildman–Crippen LogP) is -0.348. The first kappa shape index (κ1) is 25.8. The quantitative estimate of drug-likeness (QED) is 0.310. The third kappa shape index (κ3) is 4.86. The fourth-order valence-corrected chi connectivity index (χ4v) is 3.99. The average molecular weight is 492 g/mol. The van der Waals surface area contributed by atoms with Crippen molar-refractivity contribution in [3.8, 4) is 0 Å². The average Bonchev–Trinajstić information content (AvgIpc) is 3.01. The molecule has 1 aromatic carbocycles. The van der Waals surface area contributed by atoms with E-state index in [9.17, 15) is 28.8 Å². The Morgan fingerprint density at radius 2 is 1.40 bits per heavy atom. The highest BCUT2D eigenvalue weighted by atomic mass is 16.7. The first-order valence-corrected chi connectivity index (χ1v) is 10.4. The van der Waals surface area contributed by atoms with Gasteiger partial charge in [-0.1, -0.05) is 12.1 Å². The monoisotopic (exact) mass is 492 g/mol. The predicted molar refractivity (Wildman–Crippen MR) is 112 cm³/mol. The molecule has 13 heteroatoms. The fraction of sp³-hybridized carbons (Fsp3) is 0.455. The molecule has 3 rings (SSSR count). The molecule has 0 radical (unpaired) electrons. The maximum absolute atomic E-state index is 13.3. The van der Waals surface area contributed by atoms with Gasteiger partial charge in [-0.05, 0) is 12.1 Å². The molecule has 0 aliphatic carbocycles. The molecular formula is C22H24N2O11. The van der Waals surface area contributed by atoms with E-state index in [4.69, 9.17) is 29.4 Å². The maximum atomic E-state index is 13.3. The zero-order valence-electron chi connectivity index (χ0n) is 19.3. The van der Waals surface area contributed by atoms with E-state index in [1.165, 1.54) is 24.3 Å². The van der Waals surface area contributed by atoms with Gasteiger partial charge in [0, 0.05) is 27.7 Å². The van der Waals surface area contributed by atoms with Crippen molar-refractivity contribution in [3.05, 3.63) is 35.4 Å². The number of rotatable bonds is 6. The largest absolute Gasteiger partial charge is 0.463 e. The number of amides is 2. The van der Waals surface area contributed by atoms with Crippen molar-refractivity contribution >= 4 is 35.7 Å². The lowest BCUT2D eigenvalue weighted by atomic mass is 9.89. The molecular weight excluding hydrogens is 468 g/mol. The zero-order chi connectivity index (χ0) is 26.1. The second kappa shape index (κ2) is 9.80. The summed E-state index contributed by atoms with van der Waals surface area (Å²) >= 11 is 0. The number of nitrogens with zero attached hydrogens (tertiary/aromatic N) is 1. The van der Waals surface area contributed by atoms with Gasteiger partial charge in [0.15, 0.2) is 12.2 Å². The minimum Gasteiger partial charge on any atom is -0.463 e. The Hall–Kier alpha value is -3.84. The second-order valence-electron chi connectivity index (χ2n) is 7.90. The fourth-order valence-electron chi connectivity index (χ4n) is 3.99. The third-order valence-electron chi connectivity index (χ3n) is 5.30. The Morgan fingerprint density at radius 1 is 0.886 bits per heavy atom. The molecule has 0 saturated carbocycles. The van der Waals surface area contributed by atoms with E-state index in [1.807, 2.05) is 0 Å². The molecule has 0 bridgehead atoms. The summed E-state index contributed by atoms with van der Waals surface area (Å²) in [6, 6.07) is 5.82. The van der Waals surface area contributed by atoms with E-state index in [0.717, 1.165) is 27.7 Å². The summed E-state index contributed by atoms with van der Waals surface area (Å²) in [5, 5.41) is 0. The second-order valence-corrected chi connectivity index (χ2v) is 7.90. The highest BCUT2D eigenvalue weighted by Crippen LogP contribution is 2.40. The van der Waals surface area contributed by atoms with E-state index in [0.29, 0.717) is 4.90 Å². The smallest absolute Gasteiger partial charge is 0.305 e. The van der Waals surface area contributed by atoms with Gasteiger partial charge in [0.1, 0.15) is 12.7 Å². The molecule has 2 heterocycles. The van der Waals surface area contributed by atoms with Crippen LogP contribution in [0.15, 0.2) is 24.3 Å². The zero-order valence-corrected chi connectivity index (χ0v) is 19.3. The topological polar surface area (TPSA) is 178 Å². The molecule has 2 aliphatic heterocycles. The summed E-state index contributed by atoms with van der Waals surface area (Å²) in [6.07, 6.45) is -6.62. The lowest BCUT2D eigenvalue weighted by Crippen LogP contribution is -2.80. The molecule has 2 amide bonds. The van der Waals surface area contributed by atoms with Crippen LogP contribution in [0.4, 0.5) is 0 Å². The van der Waals surface area contributed by atoms with E-state index in [1.54, 1.807) is 0 Å². The third-order valence-corrected chi connectivity index (χ3v) is 5.30. The van der Waals surface area contributed by atoms with Crippen LogP contribution in [0.3, 0.4) is 0 Å². The van der Waals surface area contributed by atoms with Gasteiger partial charge in [0.2, 0.25) is 12.0 Å². The highest BCUT2D eigenvalue weighted by molar-refractivity contribution is 6.22. The molecule has 13 nitrogen and oxygen atoms in total. The molecule has 188 valence electrons. The molecule has 0 spiro atoms. The van der Waals surface area contributed by atoms with Crippen LogP contribution in [0.25, 0.3) is 0 Å². The first-order chi connectivity index (χ1) is 16.4. The van der Waals surface area contributed by atoms with Crippen LogP contribution in [0.5, 0.6) is 0 Å². The summed E-state index contributed by atoms with van der Waals surface area (Å²) in [7, 11) is 0. The van der Waals surface area contributed by atoms with Crippen LogP contribution in [0, 0.1) is 0 Å². The van der Waals surface area contributed by atoms with Crippen molar-refractivity contribution in [3.63, 3.8) is 0 Å². The van der Waals surface area contributed by atoms with Crippen molar-refractivity contribution in [2.24, 2.45) is 5.73 Å². The van der Waals surface area contributed by atoms with Crippen molar-refractivity contribution in [1.29, 1.82) is 0 Å². The van der Waals surface area contributed by atoms with Crippen molar-refractivity contribution < 1.29 is 52.5 Å². The first-order valence-electron chi connectivity index (χ1n) is 10.4. The number of imide groups is 1. The number of hydrogen-bond acceptors (Lipinski definition) is 12. The van der Waals surface area contributed by atoms with E-state index in [-0.39, 0.29) is 11.1 Å². The van der Waals surface area contributed by atoms with Crippen LogP contribution in [-0.2, 0) is 42.9 Å². The highest BCUT2D eigenvalue weighted by Gasteiger charge is 2.66. The number of fused-ring (bicyclic) bond motifs is 1. The molecule has 1 unspecified atom stereocenters. The minimum atomic E-state index is -2.49. The van der Waals surface area contributed by atoms with Crippen molar-refractivity contribution in [2.45, 2.75) is 58.0 Å². The summed E-state index contributed by atoms with van der Waals surface area (Å²) in [5.74, 6) is -5.18.